The van der Waals surface area contributed by atoms with Gasteiger partial charge in [0.1, 0.15) is 5.82 Å². The maximum absolute atomic E-state index is 11.8. The van der Waals surface area contributed by atoms with Crippen LogP contribution in [0.15, 0.2) is 36.4 Å². The van der Waals surface area contributed by atoms with Crippen LogP contribution in [0.4, 0.5) is 5.82 Å². The number of rotatable bonds is 5. The van der Waals surface area contributed by atoms with E-state index in [9.17, 15) is 9.59 Å². The monoisotopic (exact) mass is 286 g/mol. The minimum atomic E-state index is -0.181. The van der Waals surface area contributed by atoms with Gasteiger partial charge in [0.15, 0.2) is 0 Å². The van der Waals surface area contributed by atoms with Gasteiger partial charge in [0.05, 0.1) is 5.69 Å². The predicted molar refractivity (Wildman–Crippen MR) is 80.0 cm³/mol. The molecule has 6 nitrogen and oxygen atoms in total. The van der Waals surface area contributed by atoms with E-state index in [0.29, 0.717) is 11.4 Å². The van der Waals surface area contributed by atoms with Crippen LogP contribution >= 0.6 is 0 Å². The van der Waals surface area contributed by atoms with Gasteiger partial charge in [-0.15, -0.1) is 0 Å². The third kappa shape index (κ3) is 4.17. The average Bonchev–Trinajstić information content (AvgIpc) is 2.77. The van der Waals surface area contributed by atoms with Crippen molar-refractivity contribution in [3.63, 3.8) is 0 Å². The lowest BCUT2D eigenvalue weighted by molar-refractivity contribution is -0.116. The van der Waals surface area contributed by atoms with Gasteiger partial charge in [0, 0.05) is 31.6 Å². The lowest BCUT2D eigenvalue weighted by Crippen LogP contribution is -2.27. The van der Waals surface area contributed by atoms with Gasteiger partial charge in [-0.05, 0) is 19.1 Å². The Morgan fingerprint density at radius 3 is 2.57 bits per heavy atom. The number of aromatic nitrogens is 2. The molecule has 110 valence electrons. The number of benzene rings is 1. The molecule has 0 aliphatic rings. The minimum Gasteiger partial charge on any atom is -0.352 e. The zero-order valence-corrected chi connectivity index (χ0v) is 12.1. The zero-order chi connectivity index (χ0) is 15.2. The third-order valence-corrected chi connectivity index (χ3v) is 2.94. The smallest absolute Gasteiger partial charge is 0.251 e. The molecule has 0 aliphatic carbocycles. The van der Waals surface area contributed by atoms with Crippen molar-refractivity contribution in [2.75, 3.05) is 11.9 Å². The number of amides is 2. The summed E-state index contributed by atoms with van der Waals surface area (Å²) < 4.78 is 1.61. The highest BCUT2D eigenvalue weighted by Crippen LogP contribution is 2.08. The molecule has 1 aromatic carbocycles. The second-order valence-corrected chi connectivity index (χ2v) is 4.71. The Morgan fingerprint density at radius 2 is 1.95 bits per heavy atom. The van der Waals surface area contributed by atoms with Crippen LogP contribution in [0.1, 0.15) is 22.5 Å². The van der Waals surface area contributed by atoms with E-state index in [-0.39, 0.29) is 24.8 Å². The molecule has 0 fully saturated rings. The fourth-order valence-electron chi connectivity index (χ4n) is 1.91. The Balaban J connectivity index is 1.77. The van der Waals surface area contributed by atoms with E-state index in [1.54, 1.807) is 42.1 Å². The predicted octanol–water partition coefficient (Wildman–Crippen LogP) is 1.49. The molecule has 0 atom stereocenters. The lowest BCUT2D eigenvalue weighted by atomic mass is 10.2. The van der Waals surface area contributed by atoms with Crippen LogP contribution in [0.2, 0.25) is 0 Å². The van der Waals surface area contributed by atoms with Crippen LogP contribution in [0.5, 0.6) is 0 Å². The number of nitrogens with one attached hydrogen (secondary N) is 2. The van der Waals surface area contributed by atoms with E-state index in [1.807, 2.05) is 13.0 Å². The molecule has 6 heteroatoms. The van der Waals surface area contributed by atoms with E-state index in [2.05, 4.69) is 15.7 Å². The molecule has 21 heavy (non-hydrogen) atoms. The molecule has 0 saturated heterocycles. The van der Waals surface area contributed by atoms with Gasteiger partial charge in [-0.1, -0.05) is 18.2 Å². The van der Waals surface area contributed by atoms with Crippen molar-refractivity contribution in [2.24, 2.45) is 7.05 Å². The summed E-state index contributed by atoms with van der Waals surface area (Å²) in [5.41, 5.74) is 1.42. The summed E-state index contributed by atoms with van der Waals surface area (Å²) in [4.78, 5) is 23.6. The first-order valence-electron chi connectivity index (χ1n) is 6.70. The topological polar surface area (TPSA) is 76.0 Å². The highest BCUT2D eigenvalue weighted by Gasteiger charge is 2.08. The molecular formula is C15H18N4O2. The Hall–Kier alpha value is -2.63. The Bertz CT molecular complexity index is 634. The first-order chi connectivity index (χ1) is 10.1. The van der Waals surface area contributed by atoms with E-state index < -0.39 is 0 Å². The van der Waals surface area contributed by atoms with E-state index in [0.717, 1.165) is 5.69 Å². The largest absolute Gasteiger partial charge is 0.352 e. The standard InChI is InChI=1S/C15H18N4O2/c1-11-10-13(19(2)18-11)17-14(20)8-9-16-15(21)12-6-4-3-5-7-12/h3-7,10H,8-9H2,1-2H3,(H,16,21)(H,17,20). The molecule has 0 spiro atoms. The molecular weight excluding hydrogens is 268 g/mol. The van der Waals surface area contributed by atoms with E-state index >= 15 is 0 Å². The van der Waals surface area contributed by atoms with Crippen LogP contribution < -0.4 is 10.6 Å². The highest BCUT2D eigenvalue weighted by atomic mass is 16.2. The highest BCUT2D eigenvalue weighted by molar-refractivity contribution is 5.95. The van der Waals surface area contributed by atoms with E-state index in [4.69, 9.17) is 0 Å². The Kier molecular flexibility index (Phi) is 4.71. The van der Waals surface area contributed by atoms with Gasteiger partial charge >= 0.3 is 0 Å². The van der Waals surface area contributed by atoms with Crippen molar-refractivity contribution in [1.29, 1.82) is 0 Å². The lowest BCUT2D eigenvalue weighted by Gasteiger charge is -2.06. The van der Waals surface area contributed by atoms with Crippen molar-refractivity contribution in [3.8, 4) is 0 Å². The zero-order valence-electron chi connectivity index (χ0n) is 12.1. The molecule has 2 N–H and O–H groups in total. The first kappa shape index (κ1) is 14.8. The normalized spacial score (nSPS) is 10.2. The number of carbonyl (C=O) groups is 2. The Labute approximate surface area is 123 Å². The van der Waals surface area contributed by atoms with Gasteiger partial charge in [-0.2, -0.15) is 5.10 Å². The van der Waals surface area contributed by atoms with Gasteiger partial charge in [-0.25, -0.2) is 0 Å². The number of anilines is 1. The van der Waals surface area contributed by atoms with Crippen molar-refractivity contribution >= 4 is 17.6 Å². The van der Waals surface area contributed by atoms with Crippen molar-refractivity contribution in [2.45, 2.75) is 13.3 Å². The summed E-state index contributed by atoms with van der Waals surface area (Å²) in [6, 6.07) is 10.7. The molecule has 2 rings (SSSR count). The number of hydrogen-bond acceptors (Lipinski definition) is 3. The van der Waals surface area contributed by atoms with Gasteiger partial charge in [0.2, 0.25) is 5.91 Å². The first-order valence-corrected chi connectivity index (χ1v) is 6.70. The number of aryl methyl sites for hydroxylation is 2. The molecule has 0 radical (unpaired) electrons. The Morgan fingerprint density at radius 1 is 1.24 bits per heavy atom. The summed E-state index contributed by atoms with van der Waals surface area (Å²) in [6.45, 7) is 2.14. The van der Waals surface area contributed by atoms with Crippen molar-refractivity contribution in [1.82, 2.24) is 15.1 Å². The van der Waals surface area contributed by atoms with Crippen LogP contribution in [0.25, 0.3) is 0 Å². The maximum atomic E-state index is 11.8. The average molecular weight is 286 g/mol. The molecule has 2 aromatic rings. The fraction of sp³-hybridized carbons (Fsp3) is 0.267. The molecule has 1 aromatic heterocycles. The van der Waals surface area contributed by atoms with Crippen LogP contribution in [0, 0.1) is 6.92 Å². The molecule has 1 heterocycles. The van der Waals surface area contributed by atoms with Crippen LogP contribution in [-0.2, 0) is 11.8 Å². The molecule has 0 saturated carbocycles. The minimum absolute atomic E-state index is 0.161. The summed E-state index contributed by atoms with van der Waals surface area (Å²) in [5.74, 6) is 0.304. The fourth-order valence-corrected chi connectivity index (χ4v) is 1.91. The van der Waals surface area contributed by atoms with Crippen LogP contribution in [-0.4, -0.2) is 28.1 Å². The summed E-state index contributed by atoms with van der Waals surface area (Å²) >= 11 is 0. The van der Waals surface area contributed by atoms with Gasteiger partial charge in [-0.3, -0.25) is 14.3 Å². The summed E-state index contributed by atoms with van der Waals surface area (Å²) in [6.07, 6.45) is 0.211. The number of carbonyl (C=O) groups excluding carboxylic acids is 2. The number of hydrogen-bond donors (Lipinski definition) is 2. The SMILES string of the molecule is Cc1cc(NC(=O)CCNC(=O)c2ccccc2)n(C)n1. The van der Waals surface area contributed by atoms with Crippen LogP contribution in [0.3, 0.4) is 0 Å². The second-order valence-electron chi connectivity index (χ2n) is 4.71. The van der Waals surface area contributed by atoms with Crippen molar-refractivity contribution < 1.29 is 9.59 Å². The van der Waals surface area contributed by atoms with Gasteiger partial charge in [0.25, 0.3) is 5.91 Å². The molecule has 2 amide bonds. The number of nitrogens with zero attached hydrogens (tertiary/aromatic N) is 2. The second kappa shape index (κ2) is 6.69. The third-order valence-electron chi connectivity index (χ3n) is 2.94. The van der Waals surface area contributed by atoms with Gasteiger partial charge < -0.3 is 10.6 Å². The van der Waals surface area contributed by atoms with E-state index in [1.165, 1.54) is 0 Å². The summed E-state index contributed by atoms with van der Waals surface area (Å²) in [5, 5.41) is 9.61. The quantitative estimate of drug-likeness (QED) is 0.874. The maximum Gasteiger partial charge on any atom is 0.251 e. The molecule has 0 unspecified atom stereocenters. The summed E-state index contributed by atoms with van der Waals surface area (Å²) in [7, 11) is 1.76. The molecule has 0 aliphatic heterocycles. The molecule has 0 bridgehead atoms. The van der Waals surface area contributed by atoms with Crippen molar-refractivity contribution in [3.05, 3.63) is 47.7 Å².